The van der Waals surface area contributed by atoms with Crippen LogP contribution in [0.15, 0.2) is 24.4 Å². The molecule has 1 aromatic heterocycles. The number of ether oxygens (including phenoxy) is 1. The Labute approximate surface area is 71.8 Å². The van der Waals surface area contributed by atoms with Gasteiger partial charge >= 0.3 is 0 Å². The molecule has 0 radical (unpaired) electrons. The zero-order valence-electron chi connectivity index (χ0n) is 6.86. The predicted octanol–water partition coefficient (Wildman–Crippen LogP) is 0.570. The van der Waals surface area contributed by atoms with Gasteiger partial charge in [-0.2, -0.15) is 0 Å². The van der Waals surface area contributed by atoms with Gasteiger partial charge in [0, 0.05) is 12.7 Å². The van der Waals surface area contributed by atoms with Gasteiger partial charge in [0.15, 0.2) is 0 Å². The number of rotatable bonds is 3. The molecule has 1 aliphatic heterocycles. The highest BCUT2D eigenvalue weighted by atomic mass is 16.5. The van der Waals surface area contributed by atoms with Crippen LogP contribution in [0.3, 0.4) is 0 Å². The van der Waals surface area contributed by atoms with Crippen molar-refractivity contribution in [2.24, 2.45) is 0 Å². The fourth-order valence-electron chi connectivity index (χ4n) is 1.11. The third kappa shape index (κ3) is 1.81. The van der Waals surface area contributed by atoms with Gasteiger partial charge in [0.05, 0.1) is 24.9 Å². The molecule has 1 saturated heterocycles. The average Bonchev–Trinajstić information content (AvgIpc) is 2.04. The average molecular weight is 164 g/mol. The predicted molar refractivity (Wildman–Crippen MR) is 45.7 cm³/mol. The smallest absolute Gasteiger partial charge is 0.0643 e. The Balaban J connectivity index is 1.79. The molecular weight excluding hydrogens is 152 g/mol. The van der Waals surface area contributed by atoms with E-state index in [9.17, 15) is 0 Å². The summed E-state index contributed by atoms with van der Waals surface area (Å²) in [7, 11) is 0. The number of aromatic nitrogens is 1. The van der Waals surface area contributed by atoms with E-state index in [1.165, 1.54) is 0 Å². The van der Waals surface area contributed by atoms with Gasteiger partial charge in [-0.05, 0) is 12.1 Å². The topological polar surface area (TPSA) is 34.1 Å². The summed E-state index contributed by atoms with van der Waals surface area (Å²) in [4.78, 5) is 4.21. The molecule has 64 valence electrons. The van der Waals surface area contributed by atoms with Crippen molar-refractivity contribution >= 4 is 0 Å². The molecule has 1 aliphatic rings. The Kier molecular flexibility index (Phi) is 2.34. The summed E-state index contributed by atoms with van der Waals surface area (Å²) in [6, 6.07) is 6.48. The number of pyridine rings is 1. The van der Waals surface area contributed by atoms with E-state index >= 15 is 0 Å². The summed E-state index contributed by atoms with van der Waals surface area (Å²) < 4.78 is 5.04. The van der Waals surface area contributed by atoms with E-state index < -0.39 is 0 Å². The maximum Gasteiger partial charge on any atom is 0.0643 e. The van der Waals surface area contributed by atoms with Crippen molar-refractivity contribution in [3.05, 3.63) is 30.1 Å². The maximum absolute atomic E-state index is 5.04. The first-order valence-electron chi connectivity index (χ1n) is 4.16. The van der Waals surface area contributed by atoms with Crippen molar-refractivity contribution in [3.8, 4) is 0 Å². The Morgan fingerprint density at radius 3 is 3.00 bits per heavy atom. The van der Waals surface area contributed by atoms with Gasteiger partial charge in [-0.25, -0.2) is 0 Å². The van der Waals surface area contributed by atoms with Gasteiger partial charge in [0.1, 0.15) is 0 Å². The van der Waals surface area contributed by atoms with Crippen molar-refractivity contribution in [1.29, 1.82) is 0 Å². The van der Waals surface area contributed by atoms with Crippen molar-refractivity contribution in [3.63, 3.8) is 0 Å². The second-order valence-electron chi connectivity index (χ2n) is 2.94. The summed E-state index contributed by atoms with van der Waals surface area (Å²) in [5.41, 5.74) is 1.09. The lowest BCUT2D eigenvalue weighted by Crippen LogP contribution is -2.45. The Bertz CT molecular complexity index is 234. The van der Waals surface area contributed by atoms with Crippen LogP contribution in [0.4, 0.5) is 0 Å². The van der Waals surface area contributed by atoms with Crippen LogP contribution in [0.25, 0.3) is 0 Å². The molecule has 12 heavy (non-hydrogen) atoms. The summed E-state index contributed by atoms with van der Waals surface area (Å²) in [5, 5.41) is 3.35. The van der Waals surface area contributed by atoms with Crippen molar-refractivity contribution in [2.45, 2.75) is 12.6 Å². The molecular formula is C9H12N2O. The molecule has 0 aliphatic carbocycles. The molecule has 1 N–H and O–H groups in total. The number of hydrogen-bond acceptors (Lipinski definition) is 3. The number of hydrogen-bond donors (Lipinski definition) is 1. The van der Waals surface area contributed by atoms with Crippen molar-refractivity contribution in [2.75, 3.05) is 13.2 Å². The van der Waals surface area contributed by atoms with Crippen LogP contribution < -0.4 is 5.32 Å². The Morgan fingerprint density at radius 2 is 2.42 bits per heavy atom. The van der Waals surface area contributed by atoms with Crippen LogP contribution in [0.2, 0.25) is 0 Å². The molecule has 3 nitrogen and oxygen atoms in total. The highest BCUT2D eigenvalue weighted by Crippen LogP contribution is 2.01. The van der Waals surface area contributed by atoms with Crippen molar-refractivity contribution in [1.82, 2.24) is 10.3 Å². The van der Waals surface area contributed by atoms with E-state index in [4.69, 9.17) is 4.74 Å². The van der Waals surface area contributed by atoms with E-state index in [1.54, 1.807) is 0 Å². The van der Waals surface area contributed by atoms with E-state index in [2.05, 4.69) is 10.3 Å². The highest BCUT2D eigenvalue weighted by Gasteiger charge is 2.16. The molecule has 0 amide bonds. The van der Waals surface area contributed by atoms with Crippen LogP contribution in [0.1, 0.15) is 5.69 Å². The molecule has 0 atom stereocenters. The minimum atomic E-state index is 0.534. The van der Waals surface area contributed by atoms with Gasteiger partial charge in [-0.15, -0.1) is 0 Å². The van der Waals surface area contributed by atoms with Crippen LogP contribution >= 0.6 is 0 Å². The summed E-state index contributed by atoms with van der Waals surface area (Å²) in [6.45, 7) is 2.52. The molecule has 0 saturated carbocycles. The van der Waals surface area contributed by atoms with E-state index in [1.807, 2.05) is 24.4 Å². The quantitative estimate of drug-likeness (QED) is 0.709. The third-order valence-corrected chi connectivity index (χ3v) is 1.94. The standard InChI is InChI=1S/C9H12N2O/c1-2-4-10-8(3-1)5-11-9-6-12-7-9/h1-4,9,11H,5-7H2. The van der Waals surface area contributed by atoms with Gasteiger partial charge < -0.3 is 10.1 Å². The van der Waals surface area contributed by atoms with Crippen LogP contribution in [-0.4, -0.2) is 24.2 Å². The first-order chi connectivity index (χ1) is 5.95. The second-order valence-corrected chi connectivity index (χ2v) is 2.94. The molecule has 3 heteroatoms. The summed E-state index contributed by atoms with van der Waals surface area (Å²) in [6.07, 6.45) is 1.81. The molecule has 0 unspecified atom stereocenters. The van der Waals surface area contributed by atoms with Gasteiger partial charge in [0.2, 0.25) is 0 Å². The normalized spacial score (nSPS) is 17.3. The van der Waals surface area contributed by atoms with Crippen LogP contribution in [0, 0.1) is 0 Å². The highest BCUT2D eigenvalue weighted by molar-refractivity contribution is 5.03. The SMILES string of the molecule is c1ccc(CNC2COC2)nc1. The summed E-state index contributed by atoms with van der Waals surface area (Å²) in [5.74, 6) is 0. The number of nitrogens with zero attached hydrogens (tertiary/aromatic N) is 1. The van der Waals surface area contributed by atoms with Crippen LogP contribution in [0.5, 0.6) is 0 Å². The zero-order valence-corrected chi connectivity index (χ0v) is 6.86. The first kappa shape index (κ1) is 7.71. The third-order valence-electron chi connectivity index (χ3n) is 1.94. The molecule has 2 rings (SSSR count). The molecule has 2 heterocycles. The maximum atomic E-state index is 5.04. The molecule has 0 bridgehead atoms. The largest absolute Gasteiger partial charge is 0.378 e. The lowest BCUT2D eigenvalue weighted by molar-refractivity contribution is -0.00590. The van der Waals surface area contributed by atoms with Gasteiger partial charge in [-0.3, -0.25) is 4.98 Å². The minimum Gasteiger partial charge on any atom is -0.378 e. The second kappa shape index (κ2) is 3.65. The Morgan fingerprint density at radius 1 is 1.50 bits per heavy atom. The monoisotopic (exact) mass is 164 g/mol. The van der Waals surface area contributed by atoms with E-state index in [-0.39, 0.29) is 0 Å². The molecule has 0 spiro atoms. The van der Waals surface area contributed by atoms with E-state index in [0.717, 1.165) is 25.5 Å². The molecule has 1 fully saturated rings. The molecule has 1 aromatic rings. The Hall–Kier alpha value is -0.930. The van der Waals surface area contributed by atoms with Gasteiger partial charge in [0.25, 0.3) is 0 Å². The minimum absolute atomic E-state index is 0.534. The van der Waals surface area contributed by atoms with Crippen LogP contribution in [-0.2, 0) is 11.3 Å². The zero-order chi connectivity index (χ0) is 8.23. The fourth-order valence-corrected chi connectivity index (χ4v) is 1.11. The van der Waals surface area contributed by atoms with Crippen molar-refractivity contribution < 1.29 is 4.74 Å². The molecule has 0 aromatic carbocycles. The lowest BCUT2D eigenvalue weighted by atomic mass is 10.2. The first-order valence-corrected chi connectivity index (χ1v) is 4.16. The number of nitrogens with one attached hydrogen (secondary N) is 1. The summed E-state index contributed by atoms with van der Waals surface area (Å²) >= 11 is 0. The fraction of sp³-hybridized carbons (Fsp3) is 0.444. The van der Waals surface area contributed by atoms with Gasteiger partial charge in [-0.1, -0.05) is 6.07 Å². The van der Waals surface area contributed by atoms with E-state index in [0.29, 0.717) is 6.04 Å². The lowest BCUT2D eigenvalue weighted by Gasteiger charge is -2.26.